The predicted molar refractivity (Wildman–Crippen MR) is 45.9 cm³/mol. The van der Waals surface area contributed by atoms with E-state index < -0.39 is 24.3 Å². The van der Waals surface area contributed by atoms with Crippen molar-refractivity contribution < 1.29 is 14.6 Å². The van der Waals surface area contributed by atoms with E-state index in [-0.39, 0.29) is 0 Å². The molecule has 74 valence electrons. The van der Waals surface area contributed by atoms with Gasteiger partial charge in [0.2, 0.25) is 0 Å². The molecule has 0 aromatic rings. The standard InChI is InChI=1S/C8H14N2O3/c1-8(2,3)13-7(12)10-6(4-9)5-11/h6,11H,5H2,1-3H3,(H,10,12). The Bertz CT molecular complexity index is 214. The molecular weight excluding hydrogens is 172 g/mol. The van der Waals surface area contributed by atoms with Gasteiger partial charge in [0.25, 0.3) is 0 Å². The number of aliphatic hydroxyl groups is 1. The summed E-state index contributed by atoms with van der Waals surface area (Å²) < 4.78 is 4.86. The molecule has 1 amide bonds. The molecule has 0 saturated heterocycles. The van der Waals surface area contributed by atoms with Crippen LogP contribution < -0.4 is 5.32 Å². The molecule has 0 saturated carbocycles. The zero-order chi connectivity index (χ0) is 10.5. The molecule has 0 aliphatic heterocycles. The number of aliphatic hydroxyl groups excluding tert-OH is 1. The normalized spacial score (nSPS) is 12.8. The first-order valence-electron chi connectivity index (χ1n) is 3.89. The van der Waals surface area contributed by atoms with Gasteiger partial charge in [0.15, 0.2) is 0 Å². The lowest BCUT2D eigenvalue weighted by Gasteiger charge is -2.20. The van der Waals surface area contributed by atoms with Crippen molar-refractivity contribution >= 4 is 6.09 Å². The predicted octanol–water partition coefficient (Wildman–Crippen LogP) is 0.396. The molecule has 0 radical (unpaired) electrons. The molecule has 0 heterocycles. The Balaban J connectivity index is 3.96. The fourth-order valence-corrected chi connectivity index (χ4v) is 0.569. The van der Waals surface area contributed by atoms with Gasteiger partial charge in [0.1, 0.15) is 11.6 Å². The van der Waals surface area contributed by atoms with Gasteiger partial charge in [-0.05, 0) is 20.8 Å². The van der Waals surface area contributed by atoms with E-state index in [0.717, 1.165) is 0 Å². The van der Waals surface area contributed by atoms with Crippen LogP contribution in [0.2, 0.25) is 0 Å². The molecular formula is C8H14N2O3. The van der Waals surface area contributed by atoms with E-state index in [0.29, 0.717) is 0 Å². The molecule has 0 fully saturated rings. The highest BCUT2D eigenvalue weighted by molar-refractivity contribution is 5.68. The largest absolute Gasteiger partial charge is 0.444 e. The van der Waals surface area contributed by atoms with E-state index in [2.05, 4.69) is 5.32 Å². The SMILES string of the molecule is CC(C)(C)OC(=O)NC(C#N)CO. The van der Waals surface area contributed by atoms with E-state index >= 15 is 0 Å². The summed E-state index contributed by atoms with van der Waals surface area (Å²) in [6, 6.07) is 0.799. The van der Waals surface area contributed by atoms with Crippen molar-refractivity contribution in [3.8, 4) is 6.07 Å². The summed E-state index contributed by atoms with van der Waals surface area (Å²) in [5.74, 6) is 0. The number of hydrogen-bond donors (Lipinski definition) is 2. The van der Waals surface area contributed by atoms with Crippen LogP contribution in [0.3, 0.4) is 0 Å². The third-order valence-electron chi connectivity index (χ3n) is 1.03. The Labute approximate surface area is 77.3 Å². The summed E-state index contributed by atoms with van der Waals surface area (Å²) in [4.78, 5) is 11.0. The summed E-state index contributed by atoms with van der Waals surface area (Å²) in [6.45, 7) is 4.72. The molecule has 0 spiro atoms. The Morgan fingerprint density at radius 2 is 2.23 bits per heavy atom. The van der Waals surface area contributed by atoms with E-state index in [9.17, 15) is 4.79 Å². The molecule has 13 heavy (non-hydrogen) atoms. The van der Waals surface area contributed by atoms with Crippen molar-refractivity contribution in [1.82, 2.24) is 5.32 Å². The van der Waals surface area contributed by atoms with Crippen LogP contribution in [0.25, 0.3) is 0 Å². The molecule has 0 rings (SSSR count). The summed E-state index contributed by atoms with van der Waals surface area (Å²) in [5, 5.41) is 19.2. The minimum Gasteiger partial charge on any atom is -0.444 e. The topological polar surface area (TPSA) is 82.3 Å². The summed E-state index contributed by atoms with van der Waals surface area (Å²) >= 11 is 0. The van der Waals surface area contributed by atoms with Gasteiger partial charge in [-0.3, -0.25) is 0 Å². The maximum Gasteiger partial charge on any atom is 0.408 e. The van der Waals surface area contributed by atoms with Crippen LogP contribution >= 0.6 is 0 Å². The second-order valence-electron chi connectivity index (χ2n) is 3.51. The number of nitrogens with zero attached hydrogens (tertiary/aromatic N) is 1. The van der Waals surface area contributed by atoms with Gasteiger partial charge >= 0.3 is 6.09 Å². The molecule has 0 aromatic carbocycles. The van der Waals surface area contributed by atoms with Crippen molar-refractivity contribution in [1.29, 1.82) is 5.26 Å². The number of amides is 1. The zero-order valence-electron chi connectivity index (χ0n) is 8.00. The van der Waals surface area contributed by atoms with Crippen molar-refractivity contribution in [2.45, 2.75) is 32.4 Å². The first-order chi connectivity index (χ1) is 5.89. The lowest BCUT2D eigenvalue weighted by molar-refractivity contribution is 0.0500. The number of alkyl carbamates (subject to hydrolysis) is 1. The Kier molecular flexibility index (Phi) is 4.21. The third-order valence-corrected chi connectivity index (χ3v) is 1.03. The number of ether oxygens (including phenoxy) is 1. The number of carbonyl (C=O) groups is 1. The van der Waals surface area contributed by atoms with Crippen molar-refractivity contribution in [3.05, 3.63) is 0 Å². The van der Waals surface area contributed by atoms with Crippen molar-refractivity contribution in [3.63, 3.8) is 0 Å². The maximum absolute atomic E-state index is 11.0. The van der Waals surface area contributed by atoms with E-state index in [4.69, 9.17) is 15.1 Å². The Morgan fingerprint density at radius 3 is 2.54 bits per heavy atom. The maximum atomic E-state index is 11.0. The highest BCUT2D eigenvalue weighted by Crippen LogP contribution is 2.06. The van der Waals surface area contributed by atoms with Gasteiger partial charge in [0, 0.05) is 0 Å². The molecule has 0 aromatic heterocycles. The zero-order valence-corrected chi connectivity index (χ0v) is 8.00. The quantitative estimate of drug-likeness (QED) is 0.653. The molecule has 1 atom stereocenters. The van der Waals surface area contributed by atoms with Crippen LogP contribution in [0.1, 0.15) is 20.8 Å². The molecule has 0 bridgehead atoms. The van der Waals surface area contributed by atoms with Gasteiger partial charge in [-0.25, -0.2) is 4.79 Å². The fourth-order valence-electron chi connectivity index (χ4n) is 0.569. The number of carbonyl (C=O) groups excluding carboxylic acids is 1. The van der Waals surface area contributed by atoms with E-state index in [1.807, 2.05) is 0 Å². The van der Waals surface area contributed by atoms with Crippen molar-refractivity contribution in [2.75, 3.05) is 6.61 Å². The Morgan fingerprint density at radius 1 is 1.69 bits per heavy atom. The number of nitriles is 1. The number of hydrogen-bond acceptors (Lipinski definition) is 4. The van der Waals surface area contributed by atoms with Gasteiger partial charge in [-0.1, -0.05) is 0 Å². The Hall–Kier alpha value is -1.28. The molecule has 1 unspecified atom stereocenters. The third kappa shape index (κ3) is 5.93. The molecule has 5 nitrogen and oxygen atoms in total. The fraction of sp³-hybridized carbons (Fsp3) is 0.750. The highest BCUT2D eigenvalue weighted by atomic mass is 16.6. The van der Waals surface area contributed by atoms with Gasteiger partial charge in [-0.15, -0.1) is 0 Å². The van der Waals surface area contributed by atoms with Crippen LogP contribution in [-0.4, -0.2) is 29.4 Å². The monoisotopic (exact) mass is 186 g/mol. The molecule has 5 heteroatoms. The van der Waals surface area contributed by atoms with Crippen LogP contribution in [0.15, 0.2) is 0 Å². The van der Waals surface area contributed by atoms with Crippen LogP contribution in [0.4, 0.5) is 4.79 Å². The smallest absolute Gasteiger partial charge is 0.408 e. The second-order valence-corrected chi connectivity index (χ2v) is 3.51. The van der Waals surface area contributed by atoms with Crippen LogP contribution in [0.5, 0.6) is 0 Å². The summed E-state index contributed by atoms with van der Waals surface area (Å²) in [6.07, 6.45) is -0.701. The van der Waals surface area contributed by atoms with Gasteiger partial charge < -0.3 is 15.2 Å². The molecule has 2 N–H and O–H groups in total. The minimum absolute atomic E-state index is 0.421. The van der Waals surface area contributed by atoms with Gasteiger partial charge in [0.05, 0.1) is 12.7 Å². The van der Waals surface area contributed by atoms with Crippen LogP contribution in [0, 0.1) is 11.3 Å². The average Bonchev–Trinajstić information content (AvgIpc) is 1.96. The van der Waals surface area contributed by atoms with Gasteiger partial charge in [-0.2, -0.15) is 5.26 Å². The first kappa shape index (κ1) is 11.7. The molecule has 0 aliphatic rings. The lowest BCUT2D eigenvalue weighted by Crippen LogP contribution is -2.40. The average molecular weight is 186 g/mol. The highest BCUT2D eigenvalue weighted by Gasteiger charge is 2.18. The van der Waals surface area contributed by atoms with E-state index in [1.54, 1.807) is 26.8 Å². The molecule has 0 aliphatic carbocycles. The van der Waals surface area contributed by atoms with E-state index in [1.165, 1.54) is 0 Å². The lowest BCUT2D eigenvalue weighted by atomic mass is 10.2. The number of rotatable bonds is 2. The summed E-state index contributed by atoms with van der Waals surface area (Å²) in [5.41, 5.74) is -0.598. The van der Waals surface area contributed by atoms with Crippen molar-refractivity contribution in [2.24, 2.45) is 0 Å². The second kappa shape index (κ2) is 4.67. The summed E-state index contributed by atoms with van der Waals surface area (Å²) in [7, 11) is 0. The van der Waals surface area contributed by atoms with Crippen LogP contribution in [-0.2, 0) is 4.74 Å². The minimum atomic E-state index is -0.908. The first-order valence-corrected chi connectivity index (χ1v) is 3.89. The number of nitrogens with one attached hydrogen (secondary N) is 1.